The summed E-state index contributed by atoms with van der Waals surface area (Å²) in [5.74, 6) is 2.24. The van der Waals surface area contributed by atoms with Crippen molar-refractivity contribution in [2.24, 2.45) is 5.92 Å². The Morgan fingerprint density at radius 1 is 1.43 bits per heavy atom. The van der Waals surface area contributed by atoms with Crippen LogP contribution in [0.5, 0.6) is 5.75 Å². The highest BCUT2D eigenvalue weighted by atomic mass is 32.2. The molecule has 0 radical (unpaired) electrons. The fourth-order valence-electron chi connectivity index (χ4n) is 3.06. The molecule has 2 atom stereocenters. The molecule has 1 aliphatic rings. The van der Waals surface area contributed by atoms with Crippen molar-refractivity contribution < 1.29 is 8.95 Å². The van der Waals surface area contributed by atoms with E-state index in [0.717, 1.165) is 54.9 Å². The maximum absolute atomic E-state index is 11.2. The van der Waals surface area contributed by atoms with Gasteiger partial charge in [0.15, 0.2) is 0 Å². The summed E-state index contributed by atoms with van der Waals surface area (Å²) in [7, 11) is 0.705. The second-order valence-corrected chi connectivity index (χ2v) is 7.03. The predicted octanol–water partition coefficient (Wildman–Crippen LogP) is 1.74. The number of piperidine rings is 1. The highest BCUT2D eigenvalue weighted by molar-refractivity contribution is 7.82. The number of hydrogen-bond acceptors (Lipinski definition) is 5. The van der Waals surface area contributed by atoms with Crippen LogP contribution in [0.4, 0.5) is 5.82 Å². The van der Waals surface area contributed by atoms with Crippen LogP contribution in [0.2, 0.25) is 0 Å². The number of methoxy groups -OCH3 is 1. The fourth-order valence-corrected chi connectivity index (χ4v) is 3.53. The minimum absolute atomic E-state index is 0.475. The van der Waals surface area contributed by atoms with E-state index in [0.29, 0.717) is 5.92 Å². The number of fused-ring (bicyclic) bond motifs is 1. The third-order valence-corrected chi connectivity index (χ3v) is 4.79. The molecule has 1 aliphatic heterocycles. The number of hydrogen-bond donors (Lipinski definition) is 1. The molecule has 0 bridgehead atoms. The van der Waals surface area contributed by atoms with Gasteiger partial charge in [0.2, 0.25) is 0 Å². The quantitative estimate of drug-likeness (QED) is 0.902. The van der Waals surface area contributed by atoms with Crippen molar-refractivity contribution in [3.05, 3.63) is 24.5 Å². The summed E-state index contributed by atoms with van der Waals surface area (Å²) < 4.78 is 19.6. The van der Waals surface area contributed by atoms with Gasteiger partial charge in [-0.15, -0.1) is 0 Å². The van der Waals surface area contributed by atoms with Crippen molar-refractivity contribution >= 4 is 27.7 Å². The molecule has 1 aromatic carbocycles. The van der Waals surface area contributed by atoms with Crippen LogP contribution in [0, 0.1) is 5.92 Å². The lowest BCUT2D eigenvalue weighted by atomic mass is 9.98. The maximum atomic E-state index is 11.2. The maximum Gasteiger partial charge on any atom is 0.140 e. The van der Waals surface area contributed by atoms with Gasteiger partial charge in [-0.1, -0.05) is 0 Å². The van der Waals surface area contributed by atoms with Crippen LogP contribution in [-0.4, -0.2) is 47.2 Å². The lowest BCUT2D eigenvalue weighted by Crippen LogP contribution is -2.40. The largest absolute Gasteiger partial charge is 0.497 e. The van der Waals surface area contributed by atoms with Crippen LogP contribution in [0.3, 0.4) is 0 Å². The van der Waals surface area contributed by atoms with Crippen molar-refractivity contribution in [2.45, 2.75) is 12.8 Å². The monoisotopic (exact) mass is 334 g/mol. The number of nitrogens with one attached hydrogen (secondary N) is 1. The Hall–Kier alpha value is -1.73. The molecular weight excluding hydrogens is 312 g/mol. The number of nitrogens with zero attached hydrogens (tertiary/aromatic N) is 3. The molecule has 6 nitrogen and oxygen atoms in total. The van der Waals surface area contributed by atoms with Gasteiger partial charge in [-0.3, -0.25) is 0 Å². The van der Waals surface area contributed by atoms with Crippen molar-refractivity contribution in [3.8, 4) is 5.75 Å². The fraction of sp³-hybridized carbons (Fsp3) is 0.500. The van der Waals surface area contributed by atoms with E-state index in [2.05, 4.69) is 19.6 Å². The molecule has 23 heavy (non-hydrogen) atoms. The van der Waals surface area contributed by atoms with Gasteiger partial charge in [-0.2, -0.15) is 0 Å². The summed E-state index contributed by atoms with van der Waals surface area (Å²) in [6.45, 7) is 2.66. The first-order valence-electron chi connectivity index (χ1n) is 7.78. The summed E-state index contributed by atoms with van der Waals surface area (Å²) >= 11 is 0. The molecule has 3 rings (SSSR count). The number of benzene rings is 1. The number of aromatic nitrogens is 2. The molecule has 0 spiro atoms. The average Bonchev–Trinajstić information content (AvgIpc) is 2.59. The molecule has 124 valence electrons. The third kappa shape index (κ3) is 3.79. The van der Waals surface area contributed by atoms with Gasteiger partial charge in [-0.25, -0.2) is 18.9 Å². The Kier molecular flexibility index (Phi) is 5.07. The van der Waals surface area contributed by atoms with Crippen molar-refractivity contribution in [1.82, 2.24) is 14.7 Å². The van der Waals surface area contributed by atoms with Gasteiger partial charge in [-0.05, 0) is 37.0 Å². The van der Waals surface area contributed by atoms with Crippen molar-refractivity contribution in [1.29, 1.82) is 0 Å². The molecule has 1 saturated heterocycles. The van der Waals surface area contributed by atoms with Gasteiger partial charge in [0.25, 0.3) is 0 Å². The molecule has 1 aromatic heterocycles. The summed E-state index contributed by atoms with van der Waals surface area (Å²) in [6.07, 6.45) is 5.54. The van der Waals surface area contributed by atoms with E-state index >= 15 is 0 Å². The van der Waals surface area contributed by atoms with E-state index < -0.39 is 11.0 Å². The van der Waals surface area contributed by atoms with Gasteiger partial charge < -0.3 is 9.64 Å². The Bertz CT molecular complexity index is 710. The van der Waals surface area contributed by atoms with E-state index in [4.69, 9.17) is 4.74 Å². The number of anilines is 1. The van der Waals surface area contributed by atoms with Crippen LogP contribution in [0.15, 0.2) is 24.5 Å². The van der Waals surface area contributed by atoms with Gasteiger partial charge >= 0.3 is 0 Å². The molecule has 2 unspecified atom stereocenters. The molecule has 2 heterocycles. The van der Waals surface area contributed by atoms with Crippen LogP contribution in [0.1, 0.15) is 12.8 Å². The van der Waals surface area contributed by atoms with E-state index in [9.17, 15) is 4.21 Å². The molecule has 0 saturated carbocycles. The minimum Gasteiger partial charge on any atom is -0.497 e. The SMILES string of the molecule is COc1ccc2ncnc(N3CCCC(CNS(C)=O)C3)c2c1. The zero-order chi connectivity index (χ0) is 16.2. The summed E-state index contributed by atoms with van der Waals surface area (Å²) in [5.41, 5.74) is 0.922. The molecule has 2 aromatic rings. The number of rotatable bonds is 5. The zero-order valence-electron chi connectivity index (χ0n) is 13.5. The summed E-state index contributed by atoms with van der Waals surface area (Å²) in [5, 5.41) is 1.01. The first-order valence-corrected chi connectivity index (χ1v) is 9.34. The molecule has 7 heteroatoms. The van der Waals surface area contributed by atoms with E-state index in [-0.39, 0.29) is 0 Å². The van der Waals surface area contributed by atoms with E-state index in [1.807, 2.05) is 18.2 Å². The van der Waals surface area contributed by atoms with E-state index in [1.165, 1.54) is 0 Å². The Morgan fingerprint density at radius 2 is 2.30 bits per heavy atom. The van der Waals surface area contributed by atoms with Crippen molar-refractivity contribution in [2.75, 3.05) is 37.9 Å². The van der Waals surface area contributed by atoms with Crippen LogP contribution in [0.25, 0.3) is 10.9 Å². The average molecular weight is 334 g/mol. The Morgan fingerprint density at radius 3 is 3.09 bits per heavy atom. The predicted molar refractivity (Wildman–Crippen MR) is 93.1 cm³/mol. The van der Waals surface area contributed by atoms with Gasteiger partial charge in [0.1, 0.15) is 17.9 Å². The van der Waals surface area contributed by atoms with Crippen LogP contribution < -0.4 is 14.4 Å². The smallest absolute Gasteiger partial charge is 0.140 e. The van der Waals surface area contributed by atoms with Gasteiger partial charge in [0, 0.05) is 31.3 Å². The summed E-state index contributed by atoms with van der Waals surface area (Å²) in [6, 6.07) is 5.87. The molecular formula is C16H22N4O2S. The van der Waals surface area contributed by atoms with Crippen LogP contribution >= 0.6 is 0 Å². The van der Waals surface area contributed by atoms with Crippen LogP contribution in [-0.2, 0) is 11.0 Å². The Balaban J connectivity index is 1.85. The zero-order valence-corrected chi connectivity index (χ0v) is 14.3. The Labute approximate surface area is 138 Å². The standard InChI is InChI=1S/C16H22N4O2S/c1-22-13-5-6-15-14(8-13)16(18-11-17-15)20-7-3-4-12(10-20)9-19-23(2)21/h5-6,8,11-12,19H,3-4,7,9-10H2,1-2H3. The number of ether oxygens (including phenoxy) is 1. The summed E-state index contributed by atoms with van der Waals surface area (Å²) in [4.78, 5) is 11.2. The van der Waals surface area contributed by atoms with Gasteiger partial charge in [0.05, 0.1) is 23.6 Å². The first kappa shape index (κ1) is 16.1. The second-order valence-electron chi connectivity index (χ2n) is 5.84. The van der Waals surface area contributed by atoms with Crippen molar-refractivity contribution in [3.63, 3.8) is 0 Å². The van der Waals surface area contributed by atoms with E-state index in [1.54, 1.807) is 19.7 Å². The highest BCUT2D eigenvalue weighted by Crippen LogP contribution is 2.29. The lowest BCUT2D eigenvalue weighted by Gasteiger charge is -2.34. The first-order chi connectivity index (χ1) is 11.2. The molecule has 0 aliphatic carbocycles. The normalized spacial score (nSPS) is 19.7. The third-order valence-electron chi connectivity index (χ3n) is 4.22. The lowest BCUT2D eigenvalue weighted by molar-refractivity contribution is 0.412. The topological polar surface area (TPSA) is 67.4 Å². The second kappa shape index (κ2) is 7.23. The molecule has 0 amide bonds. The highest BCUT2D eigenvalue weighted by Gasteiger charge is 2.22. The minimum atomic E-state index is -0.960. The molecule has 1 fully saturated rings. The molecule has 1 N–H and O–H groups in total.